The Morgan fingerprint density at radius 3 is 2.73 bits per heavy atom. The van der Waals surface area contributed by atoms with Gasteiger partial charge in [0.1, 0.15) is 5.76 Å². The van der Waals surface area contributed by atoms with Gasteiger partial charge in [0, 0.05) is 12.7 Å². The predicted octanol–water partition coefficient (Wildman–Crippen LogP) is 2.34. The largest absolute Gasteiger partial charge is 0.468 e. The molecule has 2 aromatic rings. The van der Waals surface area contributed by atoms with Crippen LogP contribution in [0.5, 0.6) is 0 Å². The van der Waals surface area contributed by atoms with E-state index in [1.54, 1.807) is 12.5 Å². The van der Waals surface area contributed by atoms with E-state index in [9.17, 15) is 4.79 Å². The van der Waals surface area contributed by atoms with E-state index in [1.165, 1.54) is 0 Å². The van der Waals surface area contributed by atoms with Crippen LogP contribution >= 0.6 is 0 Å². The van der Waals surface area contributed by atoms with Crippen molar-refractivity contribution >= 4 is 6.03 Å². The molecule has 6 nitrogen and oxygen atoms in total. The summed E-state index contributed by atoms with van der Waals surface area (Å²) in [6, 6.07) is 9.00. The highest BCUT2D eigenvalue weighted by atomic mass is 16.3. The third kappa shape index (κ3) is 4.33. The van der Waals surface area contributed by atoms with Crippen LogP contribution in [-0.2, 0) is 0 Å². The Morgan fingerprint density at radius 1 is 1.32 bits per heavy atom. The highest BCUT2D eigenvalue weighted by molar-refractivity contribution is 5.74. The van der Waals surface area contributed by atoms with E-state index in [0.717, 1.165) is 11.5 Å². The molecule has 22 heavy (non-hydrogen) atoms. The highest BCUT2D eigenvalue weighted by Gasteiger charge is 2.18. The smallest absolute Gasteiger partial charge is 0.315 e. The molecule has 0 unspecified atom stereocenters. The summed E-state index contributed by atoms with van der Waals surface area (Å²) in [6.45, 7) is 2.36. The van der Waals surface area contributed by atoms with Crippen molar-refractivity contribution in [3.05, 3.63) is 54.2 Å². The number of nitrogens with one attached hydrogen (secondary N) is 2. The number of urea groups is 1. The first-order valence-corrected chi connectivity index (χ1v) is 7.23. The van der Waals surface area contributed by atoms with Crippen LogP contribution in [0.15, 0.2) is 47.2 Å². The van der Waals surface area contributed by atoms with Gasteiger partial charge in [-0.1, -0.05) is 6.07 Å². The topological polar surface area (TPSA) is 70.4 Å². The van der Waals surface area contributed by atoms with E-state index in [-0.39, 0.29) is 18.1 Å². The summed E-state index contributed by atoms with van der Waals surface area (Å²) in [6.07, 6.45) is 3.35. The number of amides is 2. The number of nitrogens with zero attached hydrogens (tertiary/aromatic N) is 2. The Bertz CT molecular complexity index is 569. The number of hydrogen-bond acceptors (Lipinski definition) is 4. The molecule has 2 aromatic heterocycles. The third-order valence-corrected chi connectivity index (χ3v) is 3.43. The first-order valence-electron chi connectivity index (χ1n) is 7.23. The summed E-state index contributed by atoms with van der Waals surface area (Å²) in [5.74, 6) is 0.822. The van der Waals surface area contributed by atoms with E-state index in [0.29, 0.717) is 6.54 Å². The van der Waals surface area contributed by atoms with Gasteiger partial charge in [-0.05, 0) is 45.3 Å². The summed E-state index contributed by atoms with van der Waals surface area (Å²) >= 11 is 0. The number of aromatic nitrogens is 1. The van der Waals surface area contributed by atoms with Crippen LogP contribution in [0.4, 0.5) is 4.79 Å². The summed E-state index contributed by atoms with van der Waals surface area (Å²) in [7, 11) is 3.90. The van der Waals surface area contributed by atoms with Gasteiger partial charge in [0.15, 0.2) is 0 Å². The molecule has 0 aliphatic carbocycles. The molecule has 2 amide bonds. The van der Waals surface area contributed by atoms with Crippen LogP contribution in [0.2, 0.25) is 0 Å². The standard InChI is InChI=1S/C16H22N4O2/c1-12(13-7-4-5-9-17-13)19-16(21)18-11-14(20(2)3)15-8-6-10-22-15/h4-10,12,14H,11H2,1-3H3,(H2,18,19,21)/t12-,14+/m1/s1. The molecule has 2 heterocycles. The zero-order valence-corrected chi connectivity index (χ0v) is 13.1. The van der Waals surface area contributed by atoms with Crippen LogP contribution in [0.3, 0.4) is 0 Å². The quantitative estimate of drug-likeness (QED) is 0.859. The Balaban J connectivity index is 1.86. The number of rotatable bonds is 6. The average molecular weight is 302 g/mol. The Morgan fingerprint density at radius 2 is 2.14 bits per heavy atom. The zero-order chi connectivity index (χ0) is 15.9. The summed E-state index contributed by atoms with van der Waals surface area (Å²) in [5, 5.41) is 5.75. The minimum absolute atomic E-state index is 0.00842. The number of carbonyl (C=O) groups is 1. The Labute approximate surface area is 130 Å². The number of pyridine rings is 1. The van der Waals surface area contributed by atoms with Crippen molar-refractivity contribution in [3.8, 4) is 0 Å². The van der Waals surface area contributed by atoms with Crippen LogP contribution in [0.25, 0.3) is 0 Å². The second-order valence-electron chi connectivity index (χ2n) is 5.33. The first-order chi connectivity index (χ1) is 10.6. The van der Waals surface area contributed by atoms with Crippen molar-refractivity contribution in [2.45, 2.75) is 19.0 Å². The number of hydrogen-bond donors (Lipinski definition) is 2. The molecule has 0 aromatic carbocycles. The van der Waals surface area contributed by atoms with Gasteiger partial charge < -0.3 is 15.1 Å². The maximum Gasteiger partial charge on any atom is 0.315 e. The van der Waals surface area contributed by atoms with E-state index in [2.05, 4.69) is 15.6 Å². The second kappa shape index (κ2) is 7.61. The third-order valence-electron chi connectivity index (χ3n) is 3.43. The maximum atomic E-state index is 12.0. The van der Waals surface area contributed by atoms with E-state index >= 15 is 0 Å². The number of likely N-dealkylation sites (N-methyl/N-ethyl adjacent to an activating group) is 1. The summed E-state index contributed by atoms with van der Waals surface area (Å²) in [4.78, 5) is 18.3. The summed E-state index contributed by atoms with van der Waals surface area (Å²) in [5.41, 5.74) is 0.827. The van der Waals surface area contributed by atoms with Crippen LogP contribution in [-0.4, -0.2) is 36.6 Å². The normalized spacial score (nSPS) is 13.6. The minimum atomic E-state index is -0.225. The molecule has 2 rings (SSSR count). The highest BCUT2D eigenvalue weighted by Crippen LogP contribution is 2.17. The average Bonchev–Trinajstić information content (AvgIpc) is 3.02. The van der Waals surface area contributed by atoms with Crippen molar-refractivity contribution in [1.82, 2.24) is 20.5 Å². The van der Waals surface area contributed by atoms with E-state index in [1.807, 2.05) is 56.3 Å². The first kappa shape index (κ1) is 16.0. The summed E-state index contributed by atoms with van der Waals surface area (Å²) < 4.78 is 5.42. The fourth-order valence-corrected chi connectivity index (χ4v) is 2.16. The lowest BCUT2D eigenvalue weighted by molar-refractivity contribution is 0.223. The van der Waals surface area contributed by atoms with E-state index < -0.39 is 0 Å². The molecular formula is C16H22N4O2. The lowest BCUT2D eigenvalue weighted by atomic mass is 10.2. The van der Waals surface area contributed by atoms with Gasteiger partial charge in [0.25, 0.3) is 0 Å². The van der Waals surface area contributed by atoms with Crippen molar-refractivity contribution < 1.29 is 9.21 Å². The molecule has 0 aliphatic heterocycles. The molecule has 0 spiro atoms. The monoisotopic (exact) mass is 302 g/mol. The fourth-order valence-electron chi connectivity index (χ4n) is 2.16. The molecule has 0 aliphatic rings. The van der Waals surface area contributed by atoms with Gasteiger partial charge >= 0.3 is 6.03 Å². The minimum Gasteiger partial charge on any atom is -0.468 e. The van der Waals surface area contributed by atoms with Crippen molar-refractivity contribution in [1.29, 1.82) is 0 Å². The van der Waals surface area contributed by atoms with E-state index in [4.69, 9.17) is 4.42 Å². The van der Waals surface area contributed by atoms with Crippen molar-refractivity contribution in [3.63, 3.8) is 0 Å². The molecule has 2 atom stereocenters. The van der Waals surface area contributed by atoms with Crippen LogP contribution in [0.1, 0.15) is 30.5 Å². The molecular weight excluding hydrogens is 280 g/mol. The molecule has 118 valence electrons. The molecule has 0 fully saturated rings. The molecule has 0 radical (unpaired) electrons. The van der Waals surface area contributed by atoms with Crippen LogP contribution < -0.4 is 10.6 Å². The fraction of sp³-hybridized carbons (Fsp3) is 0.375. The number of carbonyl (C=O) groups excluding carboxylic acids is 1. The van der Waals surface area contributed by atoms with Crippen molar-refractivity contribution in [2.24, 2.45) is 0 Å². The SMILES string of the molecule is C[C@@H](NC(=O)NC[C@@H](c1ccco1)N(C)C)c1ccccn1. The lowest BCUT2D eigenvalue weighted by Gasteiger charge is -2.23. The van der Waals surface area contributed by atoms with Gasteiger partial charge in [-0.2, -0.15) is 0 Å². The molecule has 6 heteroatoms. The molecule has 0 saturated heterocycles. The van der Waals surface area contributed by atoms with Crippen molar-refractivity contribution in [2.75, 3.05) is 20.6 Å². The number of furan rings is 1. The molecule has 0 bridgehead atoms. The van der Waals surface area contributed by atoms with Gasteiger partial charge in [-0.15, -0.1) is 0 Å². The molecule has 0 saturated carbocycles. The predicted molar refractivity (Wildman–Crippen MR) is 84.3 cm³/mol. The Hall–Kier alpha value is -2.34. The Kier molecular flexibility index (Phi) is 5.55. The van der Waals surface area contributed by atoms with Gasteiger partial charge in [-0.3, -0.25) is 9.88 Å². The van der Waals surface area contributed by atoms with Gasteiger partial charge in [-0.25, -0.2) is 4.79 Å². The van der Waals surface area contributed by atoms with Crippen LogP contribution in [0, 0.1) is 0 Å². The second-order valence-corrected chi connectivity index (χ2v) is 5.33. The molecule has 2 N–H and O–H groups in total. The van der Waals surface area contributed by atoms with Gasteiger partial charge in [0.05, 0.1) is 24.0 Å². The van der Waals surface area contributed by atoms with Gasteiger partial charge in [0.2, 0.25) is 0 Å². The maximum absolute atomic E-state index is 12.0. The zero-order valence-electron chi connectivity index (χ0n) is 13.1. The lowest BCUT2D eigenvalue weighted by Crippen LogP contribution is -2.41.